The van der Waals surface area contributed by atoms with Gasteiger partial charge in [0.05, 0.1) is 44.6 Å². The van der Waals surface area contributed by atoms with E-state index in [0.29, 0.717) is 14.9 Å². The number of nitrogens with two attached hydrogens (primary N) is 1. The molecule has 4 fully saturated rings. The van der Waals surface area contributed by atoms with Gasteiger partial charge in [-0.3, -0.25) is 0 Å². The van der Waals surface area contributed by atoms with Gasteiger partial charge in [-0.1, -0.05) is 23.2 Å². The van der Waals surface area contributed by atoms with Gasteiger partial charge >= 0.3 is 0 Å². The predicted molar refractivity (Wildman–Crippen MR) is 233 cm³/mol. The monoisotopic (exact) mass is 888 g/mol. The molecule has 4 heterocycles. The number of nitrogens with zero attached hydrogens (tertiary/aromatic N) is 6. The summed E-state index contributed by atoms with van der Waals surface area (Å²) in [5.41, 5.74) is 6.61. The Morgan fingerprint density at radius 2 is 1.05 bits per heavy atom. The Bertz CT molecular complexity index is 2160. The van der Waals surface area contributed by atoms with E-state index in [4.69, 9.17) is 28.9 Å². The number of hydrogen-bond donors (Lipinski definition) is 2. The van der Waals surface area contributed by atoms with Crippen molar-refractivity contribution >= 4 is 60.5 Å². The quantitative estimate of drug-likeness (QED) is 0.135. The van der Waals surface area contributed by atoms with Gasteiger partial charge in [-0.15, -0.1) is 0 Å². The molecule has 320 valence electrons. The molecule has 2 aromatic heterocycles. The first-order chi connectivity index (χ1) is 28.2. The molecule has 8 rings (SSSR count). The third-order valence-electron chi connectivity index (χ3n) is 11.9. The minimum absolute atomic E-state index is 0.138. The SMILES string of the molecule is CS(=O)(=O)c1ccc(F)cc1.CS(=O)(=O)c1ccc(NCC[C@@H]2C[C@@H]2C2CCN(c3ncc(Cl)cn3)CC2)cc1.NCC[C@@H]1C[C@@H]1C1CCN(c2ncc(Cl)cn2)CC1. The standard InChI is InChI=1S/C21H27ClN4O2S.C14H21ClN4.C7H7FO2S/c1-29(27,28)19-4-2-18(3-5-19)23-9-6-16-12-20(16)15-7-10-26(11-8-15)21-24-13-17(22)14-25-21;15-12-8-17-14(18-9-12)19-5-2-10(3-6-19)13-7-11(13)1-4-16;1-11(9,10)7-4-2-6(8)3-5-7/h2-5,13-16,20,23H,6-12H2,1H3;8-11,13H,1-7,16H2;2-5H,1H3/t16-,20-;11-,13-;/m11./s1. The largest absolute Gasteiger partial charge is 0.385 e. The number of benzene rings is 2. The molecule has 2 aromatic carbocycles. The fourth-order valence-corrected chi connectivity index (χ4v) is 9.93. The third kappa shape index (κ3) is 13.4. The Labute approximate surface area is 358 Å². The highest BCUT2D eigenvalue weighted by Gasteiger charge is 2.44. The van der Waals surface area contributed by atoms with Gasteiger partial charge in [-0.25, -0.2) is 41.2 Å². The Morgan fingerprint density at radius 1 is 0.661 bits per heavy atom. The number of nitrogens with one attached hydrogen (secondary N) is 1. The summed E-state index contributed by atoms with van der Waals surface area (Å²) in [6, 6.07) is 11.7. The summed E-state index contributed by atoms with van der Waals surface area (Å²) in [5.74, 6) is 6.36. The van der Waals surface area contributed by atoms with Crippen LogP contribution >= 0.6 is 23.2 Å². The number of sulfone groups is 2. The minimum Gasteiger partial charge on any atom is -0.385 e. The summed E-state index contributed by atoms with van der Waals surface area (Å²) in [4.78, 5) is 22.3. The third-order valence-corrected chi connectivity index (χ3v) is 14.6. The fourth-order valence-electron chi connectivity index (χ4n) is 8.47. The topological polar surface area (TPSA) is 164 Å². The zero-order valence-corrected chi connectivity index (χ0v) is 36.8. The van der Waals surface area contributed by atoms with Gasteiger partial charge in [0, 0.05) is 50.9 Å². The normalized spacial score (nSPS) is 22.1. The Kier molecular flexibility index (Phi) is 15.4. The Hall–Kier alpha value is -3.63. The molecule has 2 saturated heterocycles. The second kappa shape index (κ2) is 20.3. The molecule has 4 atom stereocenters. The fraction of sp³-hybridized carbons (Fsp3) is 0.524. The molecule has 2 saturated carbocycles. The lowest BCUT2D eigenvalue weighted by Crippen LogP contribution is -2.35. The van der Waals surface area contributed by atoms with Gasteiger partial charge in [-0.05, 0) is 142 Å². The zero-order valence-electron chi connectivity index (χ0n) is 33.6. The molecule has 4 aliphatic rings. The lowest BCUT2D eigenvalue weighted by Gasteiger charge is -2.32. The van der Waals surface area contributed by atoms with Gasteiger partial charge in [0.1, 0.15) is 5.82 Å². The lowest BCUT2D eigenvalue weighted by atomic mass is 9.90. The number of halogens is 3. The van der Waals surface area contributed by atoms with Crippen molar-refractivity contribution in [3.8, 4) is 0 Å². The first kappa shape index (κ1) is 44.9. The molecule has 17 heteroatoms. The van der Waals surface area contributed by atoms with Crippen molar-refractivity contribution in [1.82, 2.24) is 19.9 Å². The molecular formula is C42H55Cl2FN8O4S2. The maximum Gasteiger partial charge on any atom is 0.225 e. The zero-order chi connectivity index (χ0) is 42.2. The molecule has 2 aliphatic heterocycles. The van der Waals surface area contributed by atoms with E-state index in [1.54, 1.807) is 36.9 Å². The van der Waals surface area contributed by atoms with Gasteiger partial charge < -0.3 is 20.9 Å². The molecule has 2 aliphatic carbocycles. The van der Waals surface area contributed by atoms with Gasteiger partial charge in [0.2, 0.25) is 11.9 Å². The van der Waals surface area contributed by atoms with Crippen LogP contribution < -0.4 is 20.9 Å². The molecule has 59 heavy (non-hydrogen) atoms. The summed E-state index contributed by atoms with van der Waals surface area (Å²) in [6.45, 7) is 5.94. The second-order valence-electron chi connectivity index (χ2n) is 16.2. The van der Waals surface area contributed by atoms with Crippen LogP contribution in [0.5, 0.6) is 0 Å². The highest BCUT2D eigenvalue weighted by Crippen LogP contribution is 2.50. The van der Waals surface area contributed by atoms with E-state index in [1.807, 2.05) is 12.1 Å². The van der Waals surface area contributed by atoms with Crippen LogP contribution in [0.25, 0.3) is 0 Å². The number of piperidine rings is 2. The first-order valence-corrected chi connectivity index (χ1v) is 24.9. The molecule has 4 aromatic rings. The molecular weight excluding hydrogens is 835 g/mol. The average molecular weight is 890 g/mol. The summed E-state index contributed by atoms with van der Waals surface area (Å²) in [6.07, 6.45) is 19.0. The van der Waals surface area contributed by atoms with Crippen LogP contribution in [0.3, 0.4) is 0 Å². The molecule has 0 spiro atoms. The van der Waals surface area contributed by atoms with Crippen molar-refractivity contribution in [2.24, 2.45) is 41.2 Å². The van der Waals surface area contributed by atoms with Gasteiger partial charge in [-0.2, -0.15) is 0 Å². The van der Waals surface area contributed by atoms with Crippen LogP contribution in [-0.4, -0.2) is 88.6 Å². The molecule has 0 unspecified atom stereocenters. The van der Waals surface area contributed by atoms with Gasteiger partial charge in [0.15, 0.2) is 19.7 Å². The van der Waals surface area contributed by atoms with E-state index in [9.17, 15) is 21.2 Å². The van der Waals surface area contributed by atoms with Crippen LogP contribution in [0.2, 0.25) is 10.0 Å². The second-order valence-corrected chi connectivity index (χ2v) is 21.1. The number of rotatable bonds is 12. The number of anilines is 3. The van der Waals surface area contributed by atoms with E-state index in [2.05, 4.69) is 35.1 Å². The van der Waals surface area contributed by atoms with E-state index >= 15 is 0 Å². The van der Waals surface area contributed by atoms with Crippen LogP contribution in [-0.2, 0) is 19.7 Å². The van der Waals surface area contributed by atoms with Crippen molar-refractivity contribution in [3.63, 3.8) is 0 Å². The summed E-state index contributed by atoms with van der Waals surface area (Å²) < 4.78 is 57.0. The van der Waals surface area contributed by atoms with E-state index in [0.717, 1.165) is 111 Å². The van der Waals surface area contributed by atoms with Crippen LogP contribution in [0, 0.1) is 41.3 Å². The van der Waals surface area contributed by atoms with Crippen LogP contribution in [0.1, 0.15) is 51.4 Å². The molecule has 12 nitrogen and oxygen atoms in total. The Balaban J connectivity index is 0.000000166. The predicted octanol–water partition coefficient (Wildman–Crippen LogP) is 7.45. The maximum atomic E-state index is 12.3. The number of hydrogen-bond acceptors (Lipinski definition) is 12. The summed E-state index contributed by atoms with van der Waals surface area (Å²) in [5, 5.41) is 4.59. The smallest absolute Gasteiger partial charge is 0.225 e. The molecule has 3 N–H and O–H groups in total. The molecule has 0 amide bonds. The van der Waals surface area contributed by atoms with Crippen molar-refractivity contribution in [2.45, 2.75) is 61.2 Å². The van der Waals surface area contributed by atoms with Crippen molar-refractivity contribution in [3.05, 3.63) is 89.2 Å². The van der Waals surface area contributed by atoms with Gasteiger partial charge in [0.25, 0.3) is 0 Å². The number of aromatic nitrogens is 4. The van der Waals surface area contributed by atoms with Crippen molar-refractivity contribution in [1.29, 1.82) is 0 Å². The van der Waals surface area contributed by atoms with Crippen LogP contribution in [0.15, 0.2) is 83.1 Å². The Morgan fingerprint density at radius 3 is 1.44 bits per heavy atom. The molecule has 0 radical (unpaired) electrons. The van der Waals surface area contributed by atoms with E-state index < -0.39 is 25.5 Å². The van der Waals surface area contributed by atoms with E-state index in [1.165, 1.54) is 69.8 Å². The summed E-state index contributed by atoms with van der Waals surface area (Å²) in [7, 11) is -6.32. The highest BCUT2D eigenvalue weighted by molar-refractivity contribution is 7.91. The maximum absolute atomic E-state index is 12.3. The van der Waals surface area contributed by atoms with E-state index in [-0.39, 0.29) is 4.90 Å². The van der Waals surface area contributed by atoms with Crippen molar-refractivity contribution < 1.29 is 21.2 Å². The summed E-state index contributed by atoms with van der Waals surface area (Å²) >= 11 is 11.7. The highest BCUT2D eigenvalue weighted by atomic mass is 35.5. The minimum atomic E-state index is -3.19. The van der Waals surface area contributed by atoms with Crippen LogP contribution in [0.4, 0.5) is 22.0 Å². The first-order valence-electron chi connectivity index (χ1n) is 20.3. The molecule has 0 bridgehead atoms. The van der Waals surface area contributed by atoms with Crippen molar-refractivity contribution in [2.75, 3.05) is 66.9 Å². The lowest BCUT2D eigenvalue weighted by molar-refractivity contribution is 0.342. The average Bonchev–Trinajstić information content (AvgIpc) is 4.16.